The van der Waals surface area contributed by atoms with Crippen LogP contribution in [0.15, 0.2) is 55.6 Å². The van der Waals surface area contributed by atoms with E-state index < -0.39 is 0 Å². The van der Waals surface area contributed by atoms with Crippen molar-refractivity contribution in [3.8, 4) is 11.4 Å². The number of carbonyl (C=O) groups excluding carboxylic acids is 1. The van der Waals surface area contributed by atoms with E-state index in [9.17, 15) is 4.79 Å². The fourth-order valence-corrected chi connectivity index (χ4v) is 2.47. The van der Waals surface area contributed by atoms with Gasteiger partial charge in [-0.3, -0.25) is 9.78 Å². The minimum Gasteiger partial charge on any atom is -0.347 e. The lowest BCUT2D eigenvalue weighted by molar-refractivity contribution is 0.0892. The second-order valence-electron chi connectivity index (χ2n) is 7.19. The predicted octanol–water partition coefficient (Wildman–Crippen LogP) is 2.58. The maximum Gasteiger partial charge on any atom is 0.254 e. The zero-order valence-electron chi connectivity index (χ0n) is 15.1. The highest BCUT2D eigenvalue weighted by Gasteiger charge is 2.27. The molecule has 3 heterocycles. The average Bonchev–Trinajstić information content (AvgIpc) is 3.14. The van der Waals surface area contributed by atoms with Crippen LogP contribution in [0.4, 0.5) is 0 Å². The lowest BCUT2D eigenvalue weighted by Gasteiger charge is -2.31. The van der Waals surface area contributed by atoms with E-state index in [1.54, 1.807) is 37.3 Å². The zero-order valence-corrected chi connectivity index (χ0v) is 15.1. The molecule has 0 saturated heterocycles. The van der Waals surface area contributed by atoms with Crippen molar-refractivity contribution in [1.29, 1.82) is 0 Å². The van der Waals surface area contributed by atoms with E-state index in [1.807, 2.05) is 22.9 Å². The molecule has 0 fully saturated rings. The Kier molecular flexibility index (Phi) is 5.06. The molecule has 7 heteroatoms. The van der Waals surface area contributed by atoms with Gasteiger partial charge in [0, 0.05) is 49.3 Å². The average molecular weight is 350 g/mol. The van der Waals surface area contributed by atoms with Crippen molar-refractivity contribution in [3.05, 3.63) is 61.2 Å². The largest absolute Gasteiger partial charge is 0.347 e. The van der Waals surface area contributed by atoms with Crippen molar-refractivity contribution < 1.29 is 4.79 Å². The maximum absolute atomic E-state index is 12.6. The summed E-state index contributed by atoms with van der Waals surface area (Å²) in [6.07, 6.45) is 11.8. The first-order valence-corrected chi connectivity index (χ1v) is 8.42. The molecule has 134 valence electrons. The topological polar surface area (TPSA) is 85.6 Å². The lowest BCUT2D eigenvalue weighted by atomic mass is 9.86. The van der Waals surface area contributed by atoms with Gasteiger partial charge in [-0.25, -0.2) is 15.0 Å². The third-order valence-corrected chi connectivity index (χ3v) is 4.14. The third-order valence-electron chi connectivity index (χ3n) is 4.14. The van der Waals surface area contributed by atoms with Crippen molar-refractivity contribution in [1.82, 2.24) is 29.8 Å². The van der Waals surface area contributed by atoms with Gasteiger partial charge in [0.2, 0.25) is 0 Å². The number of imidazole rings is 1. The molecule has 7 nitrogen and oxygen atoms in total. The summed E-state index contributed by atoms with van der Waals surface area (Å²) < 4.78 is 1.96. The zero-order chi connectivity index (χ0) is 18.6. The highest BCUT2D eigenvalue weighted by atomic mass is 16.1. The van der Waals surface area contributed by atoms with Crippen molar-refractivity contribution >= 4 is 5.91 Å². The van der Waals surface area contributed by atoms with E-state index in [1.165, 1.54) is 0 Å². The number of amides is 1. The Morgan fingerprint density at radius 3 is 2.50 bits per heavy atom. The summed E-state index contributed by atoms with van der Waals surface area (Å²) in [5.74, 6) is 0.350. The Bertz CT molecular complexity index is 838. The first kappa shape index (κ1) is 17.7. The number of hydrogen-bond acceptors (Lipinski definition) is 5. The number of aromatic nitrogens is 5. The third kappa shape index (κ3) is 4.30. The van der Waals surface area contributed by atoms with E-state index in [0.29, 0.717) is 17.9 Å². The van der Waals surface area contributed by atoms with Crippen molar-refractivity contribution in [3.63, 3.8) is 0 Å². The minimum absolute atomic E-state index is 0.0674. The van der Waals surface area contributed by atoms with Gasteiger partial charge in [-0.05, 0) is 17.5 Å². The molecule has 0 radical (unpaired) electrons. The van der Waals surface area contributed by atoms with E-state index >= 15 is 0 Å². The Morgan fingerprint density at radius 2 is 1.92 bits per heavy atom. The summed E-state index contributed by atoms with van der Waals surface area (Å²) in [7, 11) is 0. The molecule has 0 saturated carbocycles. The van der Waals surface area contributed by atoms with Gasteiger partial charge in [-0.15, -0.1) is 0 Å². The Balaban J connectivity index is 1.73. The normalized spacial score (nSPS) is 12.6. The molecule has 0 aromatic carbocycles. The highest BCUT2D eigenvalue weighted by Crippen LogP contribution is 2.21. The van der Waals surface area contributed by atoms with Gasteiger partial charge in [0.1, 0.15) is 0 Å². The van der Waals surface area contributed by atoms with Gasteiger partial charge in [0.15, 0.2) is 5.82 Å². The molecule has 3 aromatic heterocycles. The van der Waals surface area contributed by atoms with Gasteiger partial charge < -0.3 is 9.88 Å². The Labute approximate surface area is 152 Å². The molecule has 0 aliphatic carbocycles. The van der Waals surface area contributed by atoms with Crippen LogP contribution in [0.25, 0.3) is 11.4 Å². The summed E-state index contributed by atoms with van der Waals surface area (Å²) in [4.78, 5) is 29.3. The van der Waals surface area contributed by atoms with Crippen molar-refractivity contribution in [2.75, 3.05) is 0 Å². The molecule has 1 unspecified atom stereocenters. The van der Waals surface area contributed by atoms with Crippen LogP contribution in [0.2, 0.25) is 0 Å². The SMILES string of the molecule is CC(C)(C)C(Cn1ccnc1)NC(=O)c1cnc(-c2cccnc2)nc1. The second kappa shape index (κ2) is 7.43. The van der Waals surface area contributed by atoms with Crippen LogP contribution in [0.3, 0.4) is 0 Å². The summed E-state index contributed by atoms with van der Waals surface area (Å²) in [6.45, 7) is 6.93. The fraction of sp³-hybridized carbons (Fsp3) is 0.316. The van der Waals surface area contributed by atoms with Crippen LogP contribution in [-0.2, 0) is 6.54 Å². The number of nitrogens with zero attached hydrogens (tertiary/aromatic N) is 5. The summed E-state index contributed by atoms with van der Waals surface area (Å²) >= 11 is 0. The van der Waals surface area contributed by atoms with Crippen LogP contribution in [-0.4, -0.2) is 36.5 Å². The first-order valence-electron chi connectivity index (χ1n) is 8.42. The lowest BCUT2D eigenvalue weighted by Crippen LogP contribution is -2.46. The molecule has 3 rings (SSSR count). The number of nitrogens with one attached hydrogen (secondary N) is 1. The Hall–Kier alpha value is -3.09. The molecular formula is C19H22N6O. The van der Waals surface area contributed by atoms with Crippen LogP contribution in [0, 0.1) is 5.41 Å². The molecule has 0 spiro atoms. The van der Waals surface area contributed by atoms with E-state index in [4.69, 9.17) is 0 Å². The molecular weight excluding hydrogens is 328 g/mol. The molecule has 0 aliphatic rings. The summed E-state index contributed by atoms with van der Waals surface area (Å²) in [5.41, 5.74) is 1.13. The summed E-state index contributed by atoms with van der Waals surface area (Å²) in [6, 6.07) is 3.63. The number of hydrogen-bond donors (Lipinski definition) is 1. The molecule has 0 aliphatic heterocycles. The monoisotopic (exact) mass is 350 g/mol. The number of carbonyl (C=O) groups is 1. The molecule has 1 atom stereocenters. The molecule has 1 N–H and O–H groups in total. The first-order chi connectivity index (χ1) is 12.4. The smallest absolute Gasteiger partial charge is 0.254 e. The van der Waals surface area contributed by atoms with Gasteiger partial charge in [-0.2, -0.15) is 0 Å². The minimum atomic E-state index is -0.192. The van der Waals surface area contributed by atoms with Crippen molar-refractivity contribution in [2.45, 2.75) is 33.4 Å². The molecule has 26 heavy (non-hydrogen) atoms. The maximum atomic E-state index is 12.6. The van der Waals surface area contributed by atoms with E-state index in [2.05, 4.69) is 46.0 Å². The van der Waals surface area contributed by atoms with Crippen LogP contribution in [0.1, 0.15) is 31.1 Å². The van der Waals surface area contributed by atoms with Gasteiger partial charge in [0.25, 0.3) is 5.91 Å². The summed E-state index contributed by atoms with van der Waals surface area (Å²) in [5, 5.41) is 3.09. The van der Waals surface area contributed by atoms with Gasteiger partial charge in [-0.1, -0.05) is 20.8 Å². The second-order valence-corrected chi connectivity index (χ2v) is 7.19. The van der Waals surface area contributed by atoms with E-state index in [0.717, 1.165) is 5.56 Å². The van der Waals surface area contributed by atoms with Crippen LogP contribution >= 0.6 is 0 Å². The van der Waals surface area contributed by atoms with Gasteiger partial charge >= 0.3 is 0 Å². The molecule has 0 bridgehead atoms. The van der Waals surface area contributed by atoms with Gasteiger partial charge in [0.05, 0.1) is 17.9 Å². The Morgan fingerprint density at radius 1 is 1.15 bits per heavy atom. The highest BCUT2D eigenvalue weighted by molar-refractivity contribution is 5.93. The van der Waals surface area contributed by atoms with E-state index in [-0.39, 0.29) is 17.4 Å². The quantitative estimate of drug-likeness (QED) is 0.764. The fourth-order valence-electron chi connectivity index (χ4n) is 2.47. The number of pyridine rings is 1. The predicted molar refractivity (Wildman–Crippen MR) is 98.2 cm³/mol. The van der Waals surface area contributed by atoms with Crippen LogP contribution in [0.5, 0.6) is 0 Å². The standard InChI is InChI=1S/C19H22N6O/c1-19(2,3)16(12-25-8-7-21-13-25)24-18(26)15-10-22-17(23-11-15)14-5-4-6-20-9-14/h4-11,13,16H,12H2,1-3H3,(H,24,26). The molecule has 3 aromatic rings. The van der Waals surface area contributed by atoms with Crippen molar-refractivity contribution in [2.24, 2.45) is 5.41 Å². The molecule has 1 amide bonds. The number of rotatable bonds is 5. The van der Waals surface area contributed by atoms with Crippen LogP contribution < -0.4 is 5.32 Å².